The van der Waals surface area contributed by atoms with Gasteiger partial charge in [-0.3, -0.25) is 4.90 Å². The fourth-order valence-electron chi connectivity index (χ4n) is 2.73. The maximum absolute atomic E-state index is 13.5. The van der Waals surface area contributed by atoms with E-state index in [1.807, 2.05) is 0 Å². The van der Waals surface area contributed by atoms with Gasteiger partial charge in [-0.15, -0.1) is 0 Å². The standard InChI is InChI=1S/C18H18BrClFN3S/c19-14-3-1-13(2-4-14)12-23-7-9-24(10-8-23)18(25)22-15-5-6-16(20)17(21)11-15/h1-6,11H,7-10,12H2,(H,22,25). The monoisotopic (exact) mass is 441 g/mol. The molecular formula is C18H18BrClFN3S. The van der Waals surface area contributed by atoms with Gasteiger partial charge in [0.1, 0.15) is 5.82 Å². The van der Waals surface area contributed by atoms with Crippen LogP contribution in [-0.4, -0.2) is 41.1 Å². The Morgan fingerprint density at radius 1 is 1.12 bits per heavy atom. The number of hydrogen-bond donors (Lipinski definition) is 1. The molecule has 1 N–H and O–H groups in total. The lowest BCUT2D eigenvalue weighted by Crippen LogP contribution is -2.49. The van der Waals surface area contributed by atoms with E-state index in [1.165, 1.54) is 17.7 Å². The van der Waals surface area contributed by atoms with Crippen molar-refractivity contribution in [2.24, 2.45) is 0 Å². The van der Waals surface area contributed by atoms with Crippen LogP contribution in [0.1, 0.15) is 5.56 Å². The minimum absolute atomic E-state index is 0.109. The normalized spacial score (nSPS) is 15.2. The van der Waals surface area contributed by atoms with Gasteiger partial charge in [-0.1, -0.05) is 39.7 Å². The van der Waals surface area contributed by atoms with E-state index in [0.29, 0.717) is 10.8 Å². The van der Waals surface area contributed by atoms with Gasteiger partial charge in [0.25, 0.3) is 0 Å². The van der Waals surface area contributed by atoms with Crippen LogP contribution in [0.4, 0.5) is 10.1 Å². The number of thiocarbonyl (C=S) groups is 1. The number of nitrogens with one attached hydrogen (secondary N) is 1. The molecule has 2 aromatic carbocycles. The number of nitrogens with zero attached hydrogens (tertiary/aromatic N) is 2. The lowest BCUT2D eigenvalue weighted by Gasteiger charge is -2.36. The lowest BCUT2D eigenvalue weighted by atomic mass is 10.2. The molecule has 1 aliphatic heterocycles. The summed E-state index contributed by atoms with van der Waals surface area (Å²) in [5.41, 5.74) is 1.91. The lowest BCUT2D eigenvalue weighted by molar-refractivity contribution is 0.177. The van der Waals surface area contributed by atoms with Crippen LogP contribution in [0.15, 0.2) is 46.9 Å². The van der Waals surface area contributed by atoms with Crippen LogP contribution in [0.2, 0.25) is 5.02 Å². The Hall–Kier alpha value is -1.21. The highest BCUT2D eigenvalue weighted by molar-refractivity contribution is 9.10. The highest BCUT2D eigenvalue weighted by Crippen LogP contribution is 2.19. The first-order valence-corrected chi connectivity index (χ1v) is 9.57. The van der Waals surface area contributed by atoms with Crippen molar-refractivity contribution < 1.29 is 4.39 Å². The van der Waals surface area contributed by atoms with Gasteiger partial charge in [-0.05, 0) is 48.1 Å². The largest absolute Gasteiger partial charge is 0.346 e. The highest BCUT2D eigenvalue weighted by Gasteiger charge is 2.19. The summed E-state index contributed by atoms with van der Waals surface area (Å²) in [7, 11) is 0. The van der Waals surface area contributed by atoms with E-state index in [2.05, 4.69) is 55.3 Å². The Morgan fingerprint density at radius 2 is 1.80 bits per heavy atom. The maximum atomic E-state index is 13.5. The van der Waals surface area contributed by atoms with Gasteiger partial charge in [0.15, 0.2) is 5.11 Å². The molecule has 1 aliphatic rings. The SMILES string of the molecule is Fc1cc(NC(=S)N2CCN(Cc3ccc(Br)cc3)CC2)ccc1Cl. The second-order valence-electron chi connectivity index (χ2n) is 5.95. The van der Waals surface area contributed by atoms with Crippen LogP contribution >= 0.6 is 39.7 Å². The minimum Gasteiger partial charge on any atom is -0.346 e. The summed E-state index contributed by atoms with van der Waals surface area (Å²) in [4.78, 5) is 4.52. The number of piperazine rings is 1. The molecule has 7 heteroatoms. The molecule has 3 nitrogen and oxygen atoms in total. The van der Waals surface area contributed by atoms with Crippen molar-refractivity contribution >= 4 is 50.5 Å². The van der Waals surface area contributed by atoms with Gasteiger partial charge in [-0.25, -0.2) is 4.39 Å². The average Bonchev–Trinajstić information content (AvgIpc) is 2.61. The minimum atomic E-state index is -0.450. The zero-order chi connectivity index (χ0) is 17.8. The van der Waals surface area contributed by atoms with Crippen molar-refractivity contribution in [2.75, 3.05) is 31.5 Å². The quantitative estimate of drug-likeness (QED) is 0.691. The fraction of sp³-hybridized carbons (Fsp3) is 0.278. The van der Waals surface area contributed by atoms with Gasteiger partial charge < -0.3 is 10.2 Å². The van der Waals surface area contributed by atoms with Crippen LogP contribution in [-0.2, 0) is 6.54 Å². The van der Waals surface area contributed by atoms with E-state index >= 15 is 0 Å². The second-order valence-corrected chi connectivity index (χ2v) is 7.66. The van der Waals surface area contributed by atoms with E-state index in [4.69, 9.17) is 23.8 Å². The molecule has 0 spiro atoms. The Labute approximate surface area is 165 Å². The van der Waals surface area contributed by atoms with Gasteiger partial charge in [-0.2, -0.15) is 0 Å². The smallest absolute Gasteiger partial charge is 0.173 e. The number of anilines is 1. The molecule has 0 unspecified atom stereocenters. The number of halogens is 3. The van der Waals surface area contributed by atoms with Crippen molar-refractivity contribution in [3.8, 4) is 0 Å². The Balaban J connectivity index is 1.50. The van der Waals surface area contributed by atoms with Gasteiger partial charge >= 0.3 is 0 Å². The van der Waals surface area contributed by atoms with E-state index in [0.717, 1.165) is 37.2 Å². The van der Waals surface area contributed by atoms with Crippen LogP contribution in [0, 0.1) is 5.82 Å². The molecule has 25 heavy (non-hydrogen) atoms. The summed E-state index contributed by atoms with van der Waals surface area (Å²) in [6.45, 7) is 4.50. The summed E-state index contributed by atoms with van der Waals surface area (Å²) < 4.78 is 14.6. The summed E-state index contributed by atoms with van der Waals surface area (Å²) in [5.74, 6) is -0.450. The third-order valence-corrected chi connectivity index (χ3v) is 5.35. The van der Waals surface area contributed by atoms with Crippen LogP contribution < -0.4 is 5.32 Å². The van der Waals surface area contributed by atoms with E-state index in [1.54, 1.807) is 6.07 Å². The fourth-order valence-corrected chi connectivity index (χ4v) is 3.42. The average molecular weight is 443 g/mol. The highest BCUT2D eigenvalue weighted by atomic mass is 79.9. The predicted octanol–water partition coefficient (Wildman–Crippen LogP) is 4.76. The first-order valence-electron chi connectivity index (χ1n) is 7.99. The predicted molar refractivity (Wildman–Crippen MR) is 109 cm³/mol. The number of rotatable bonds is 3. The number of benzene rings is 2. The molecule has 1 fully saturated rings. The van der Waals surface area contributed by atoms with Crippen molar-refractivity contribution in [3.05, 3.63) is 63.3 Å². The maximum Gasteiger partial charge on any atom is 0.173 e. The molecule has 0 aliphatic carbocycles. The summed E-state index contributed by atoms with van der Waals surface area (Å²) in [6.07, 6.45) is 0. The molecule has 0 bridgehead atoms. The Kier molecular flexibility index (Phi) is 6.28. The summed E-state index contributed by atoms with van der Waals surface area (Å²) in [6, 6.07) is 13.0. The van der Waals surface area contributed by atoms with Gasteiger partial charge in [0.05, 0.1) is 5.02 Å². The molecule has 0 saturated carbocycles. The van der Waals surface area contributed by atoms with Crippen molar-refractivity contribution in [1.82, 2.24) is 9.80 Å². The zero-order valence-corrected chi connectivity index (χ0v) is 16.7. The molecule has 0 atom stereocenters. The van der Waals surface area contributed by atoms with E-state index in [-0.39, 0.29) is 5.02 Å². The summed E-state index contributed by atoms with van der Waals surface area (Å²) in [5, 5.41) is 3.81. The van der Waals surface area contributed by atoms with E-state index < -0.39 is 5.82 Å². The van der Waals surface area contributed by atoms with E-state index in [9.17, 15) is 4.39 Å². The first-order chi connectivity index (χ1) is 12.0. The molecule has 0 amide bonds. The summed E-state index contributed by atoms with van der Waals surface area (Å²) >= 11 is 14.6. The van der Waals surface area contributed by atoms with Crippen LogP contribution in [0.25, 0.3) is 0 Å². The van der Waals surface area contributed by atoms with Crippen LogP contribution in [0.5, 0.6) is 0 Å². The second kappa shape index (κ2) is 8.45. The zero-order valence-electron chi connectivity index (χ0n) is 13.5. The Morgan fingerprint density at radius 3 is 2.44 bits per heavy atom. The molecule has 132 valence electrons. The van der Waals surface area contributed by atoms with Gasteiger partial charge in [0.2, 0.25) is 0 Å². The third kappa shape index (κ3) is 5.14. The molecule has 1 saturated heterocycles. The van der Waals surface area contributed by atoms with Gasteiger partial charge in [0, 0.05) is 42.9 Å². The molecule has 2 aromatic rings. The topological polar surface area (TPSA) is 18.5 Å². The molecular weight excluding hydrogens is 425 g/mol. The molecule has 0 aromatic heterocycles. The molecule has 3 rings (SSSR count). The van der Waals surface area contributed by atoms with Crippen molar-refractivity contribution in [2.45, 2.75) is 6.54 Å². The molecule has 0 radical (unpaired) electrons. The van der Waals surface area contributed by atoms with Crippen molar-refractivity contribution in [3.63, 3.8) is 0 Å². The molecule has 1 heterocycles. The number of hydrogen-bond acceptors (Lipinski definition) is 2. The van der Waals surface area contributed by atoms with Crippen molar-refractivity contribution in [1.29, 1.82) is 0 Å². The third-order valence-electron chi connectivity index (χ3n) is 4.15. The first kappa shape index (κ1) is 18.6. The van der Waals surface area contributed by atoms with Crippen LogP contribution in [0.3, 0.4) is 0 Å². The Bertz CT molecular complexity index is 748.